The number of furan rings is 1. The van der Waals surface area contributed by atoms with Crippen LogP contribution in [-0.2, 0) is 4.57 Å². The number of ether oxygens (including phenoxy) is 2. The highest BCUT2D eigenvalue weighted by molar-refractivity contribution is 7.86. The van der Waals surface area contributed by atoms with E-state index in [-0.39, 0.29) is 0 Å². The minimum absolute atomic E-state index is 0.581. The molecule has 35 heavy (non-hydrogen) atoms. The van der Waals surface area contributed by atoms with Gasteiger partial charge in [-0.3, -0.25) is 0 Å². The minimum atomic E-state index is -3.15. The number of fused-ring (bicyclic) bond motifs is 7. The van der Waals surface area contributed by atoms with Crippen LogP contribution >= 0.6 is 7.14 Å². The van der Waals surface area contributed by atoms with Crippen LogP contribution in [0.25, 0.3) is 33.1 Å². The molecule has 8 rings (SSSR count). The van der Waals surface area contributed by atoms with E-state index in [0.717, 1.165) is 33.1 Å². The average molecular weight is 472 g/mol. The Hall–Kier alpha value is -4.27. The van der Waals surface area contributed by atoms with Crippen LogP contribution in [-0.4, -0.2) is 0 Å². The maximum Gasteiger partial charge on any atom is 0.185 e. The Balaban J connectivity index is 1.33. The lowest BCUT2D eigenvalue weighted by Crippen LogP contribution is -2.34. The van der Waals surface area contributed by atoms with Crippen molar-refractivity contribution in [1.29, 1.82) is 0 Å². The highest BCUT2D eigenvalue weighted by Crippen LogP contribution is 2.58. The fourth-order valence-corrected chi connectivity index (χ4v) is 8.36. The van der Waals surface area contributed by atoms with Crippen LogP contribution in [0.3, 0.4) is 0 Å². The first-order valence-corrected chi connectivity index (χ1v) is 13.2. The lowest BCUT2D eigenvalue weighted by atomic mass is 10.0. The van der Waals surface area contributed by atoms with Gasteiger partial charge in [0.25, 0.3) is 0 Å². The van der Waals surface area contributed by atoms with Crippen molar-refractivity contribution in [2.45, 2.75) is 0 Å². The molecule has 166 valence electrons. The lowest BCUT2D eigenvalue weighted by Gasteiger charge is -2.34. The van der Waals surface area contributed by atoms with Crippen LogP contribution in [0.1, 0.15) is 0 Å². The average Bonchev–Trinajstić information content (AvgIpc) is 3.26. The van der Waals surface area contributed by atoms with Gasteiger partial charge in [0, 0.05) is 10.8 Å². The second kappa shape index (κ2) is 6.65. The van der Waals surface area contributed by atoms with Gasteiger partial charge in [-0.1, -0.05) is 48.5 Å². The number of para-hydroxylation sites is 2. The van der Waals surface area contributed by atoms with E-state index in [1.165, 1.54) is 0 Å². The summed E-state index contributed by atoms with van der Waals surface area (Å²) >= 11 is 0. The zero-order chi connectivity index (χ0) is 23.1. The summed E-state index contributed by atoms with van der Waals surface area (Å²) < 4.78 is 33.4. The Morgan fingerprint density at radius 1 is 0.514 bits per heavy atom. The predicted octanol–water partition coefficient (Wildman–Crippen LogP) is 7.10. The highest BCUT2D eigenvalue weighted by Gasteiger charge is 2.46. The van der Waals surface area contributed by atoms with Gasteiger partial charge in [-0.25, -0.2) is 0 Å². The van der Waals surface area contributed by atoms with E-state index in [2.05, 4.69) is 24.3 Å². The van der Waals surface area contributed by atoms with Crippen molar-refractivity contribution >= 4 is 45.0 Å². The third-order valence-corrected chi connectivity index (χ3v) is 10.1. The van der Waals surface area contributed by atoms with Crippen molar-refractivity contribution < 1.29 is 18.5 Å². The van der Waals surface area contributed by atoms with Gasteiger partial charge in [0.1, 0.15) is 39.5 Å². The smallest absolute Gasteiger partial charge is 0.185 e. The lowest BCUT2D eigenvalue weighted by molar-refractivity contribution is 0.462. The molecule has 5 heteroatoms. The molecule has 5 aromatic carbocycles. The summed E-state index contributed by atoms with van der Waals surface area (Å²) in [5, 5.41) is 4.24. The molecule has 0 fully saturated rings. The van der Waals surface area contributed by atoms with Gasteiger partial charge in [-0.2, -0.15) is 0 Å². The van der Waals surface area contributed by atoms with Crippen LogP contribution in [0.2, 0.25) is 0 Å². The Labute approximate surface area is 200 Å². The molecule has 0 spiro atoms. The standard InChI is InChI=1S/C30H17O4P/c31-35-28-11-4-3-8-23(28)33-24-9-5-10-25(30(24)35)34-27-17-19(13-15-29(27)35)18-12-14-21-20-6-1-2-7-22(20)32-26(21)16-18/h1-17H. The minimum Gasteiger partial charge on any atom is -0.456 e. The fourth-order valence-electron chi connectivity index (χ4n) is 5.33. The first kappa shape index (κ1) is 19.1. The monoisotopic (exact) mass is 472 g/mol. The van der Waals surface area contributed by atoms with Gasteiger partial charge in [0.15, 0.2) is 7.14 Å². The van der Waals surface area contributed by atoms with Crippen LogP contribution in [0.4, 0.5) is 0 Å². The Morgan fingerprint density at radius 2 is 1.17 bits per heavy atom. The molecule has 3 heterocycles. The molecule has 0 N–H and O–H groups in total. The molecular formula is C30H17O4P. The molecule has 0 radical (unpaired) electrons. The summed E-state index contributed by atoms with van der Waals surface area (Å²) in [7, 11) is -3.15. The van der Waals surface area contributed by atoms with E-state index in [9.17, 15) is 4.57 Å². The normalized spacial score (nSPS) is 17.3. The van der Waals surface area contributed by atoms with E-state index >= 15 is 0 Å². The molecule has 0 bridgehead atoms. The summed E-state index contributed by atoms with van der Waals surface area (Å²) in [6.07, 6.45) is 0. The van der Waals surface area contributed by atoms with Gasteiger partial charge in [0.05, 0.1) is 10.6 Å². The zero-order valence-electron chi connectivity index (χ0n) is 18.4. The molecule has 1 unspecified atom stereocenters. The third kappa shape index (κ3) is 2.49. The Kier molecular flexibility index (Phi) is 3.63. The number of rotatable bonds is 1. The maximum absolute atomic E-state index is 14.9. The molecule has 0 amide bonds. The van der Waals surface area contributed by atoms with Crippen molar-refractivity contribution in [2.24, 2.45) is 0 Å². The third-order valence-electron chi connectivity index (χ3n) is 6.93. The van der Waals surface area contributed by atoms with Crippen molar-refractivity contribution in [2.75, 3.05) is 0 Å². The molecule has 1 atom stereocenters. The maximum atomic E-state index is 14.9. The molecule has 1 aromatic heterocycles. The largest absolute Gasteiger partial charge is 0.456 e. The number of hydrogen-bond donors (Lipinski definition) is 0. The van der Waals surface area contributed by atoms with Gasteiger partial charge >= 0.3 is 0 Å². The van der Waals surface area contributed by atoms with Gasteiger partial charge in [-0.15, -0.1) is 0 Å². The quantitative estimate of drug-likeness (QED) is 0.239. The van der Waals surface area contributed by atoms with Crippen molar-refractivity contribution in [3.8, 4) is 34.1 Å². The van der Waals surface area contributed by atoms with E-state index in [1.54, 1.807) is 0 Å². The van der Waals surface area contributed by atoms with Gasteiger partial charge < -0.3 is 18.5 Å². The van der Waals surface area contributed by atoms with Crippen molar-refractivity contribution in [3.63, 3.8) is 0 Å². The Bertz CT molecular complexity index is 1900. The second-order valence-corrected chi connectivity index (χ2v) is 11.5. The van der Waals surface area contributed by atoms with Crippen molar-refractivity contribution in [3.05, 3.63) is 103 Å². The number of benzene rings is 5. The molecule has 2 aliphatic heterocycles. The van der Waals surface area contributed by atoms with E-state index in [4.69, 9.17) is 13.9 Å². The molecule has 0 saturated carbocycles. The summed E-state index contributed by atoms with van der Waals surface area (Å²) in [6, 6.07) is 33.4. The summed E-state index contributed by atoms with van der Waals surface area (Å²) in [5.41, 5.74) is 3.69. The van der Waals surface area contributed by atoms with Crippen LogP contribution in [0, 0.1) is 0 Å². The summed E-state index contributed by atoms with van der Waals surface area (Å²) in [5.74, 6) is 2.41. The number of hydrogen-bond acceptors (Lipinski definition) is 4. The topological polar surface area (TPSA) is 48.7 Å². The van der Waals surface area contributed by atoms with E-state index in [0.29, 0.717) is 38.9 Å². The van der Waals surface area contributed by atoms with Gasteiger partial charge in [0.2, 0.25) is 0 Å². The van der Waals surface area contributed by atoms with E-state index < -0.39 is 7.14 Å². The zero-order valence-corrected chi connectivity index (χ0v) is 19.3. The van der Waals surface area contributed by atoms with Crippen LogP contribution in [0.15, 0.2) is 108 Å². The molecule has 2 aliphatic rings. The van der Waals surface area contributed by atoms with Crippen molar-refractivity contribution in [1.82, 2.24) is 0 Å². The van der Waals surface area contributed by atoms with Crippen LogP contribution < -0.4 is 25.4 Å². The summed E-state index contributed by atoms with van der Waals surface area (Å²) in [4.78, 5) is 0. The van der Waals surface area contributed by atoms with Crippen LogP contribution in [0.5, 0.6) is 23.0 Å². The molecule has 4 nitrogen and oxygen atoms in total. The first-order valence-electron chi connectivity index (χ1n) is 11.5. The molecule has 0 aliphatic carbocycles. The molecule has 6 aromatic rings. The molecule has 0 saturated heterocycles. The SMILES string of the molecule is O=P12c3ccccc3Oc3cccc(c31)Oc1cc(-c3ccc4c(c3)oc3ccccc34)ccc12. The highest BCUT2D eigenvalue weighted by atomic mass is 31.2. The molecular weight excluding hydrogens is 455 g/mol. The summed E-state index contributed by atoms with van der Waals surface area (Å²) in [6.45, 7) is 0. The second-order valence-electron chi connectivity index (χ2n) is 8.88. The van der Waals surface area contributed by atoms with Gasteiger partial charge in [-0.05, 0) is 65.7 Å². The first-order chi connectivity index (χ1) is 17.2. The Morgan fingerprint density at radius 3 is 2.09 bits per heavy atom. The fraction of sp³-hybridized carbons (Fsp3) is 0. The van der Waals surface area contributed by atoms with E-state index in [1.807, 2.05) is 78.9 Å². The predicted molar refractivity (Wildman–Crippen MR) is 139 cm³/mol.